The van der Waals surface area contributed by atoms with E-state index in [0.29, 0.717) is 6.54 Å². The first-order chi connectivity index (χ1) is 9.52. The predicted molar refractivity (Wildman–Crippen MR) is 70.8 cm³/mol. The predicted octanol–water partition coefficient (Wildman–Crippen LogP) is 1.39. The molecule has 0 bridgehead atoms. The lowest BCUT2D eigenvalue weighted by atomic mass is 10.2. The van der Waals surface area contributed by atoms with E-state index in [9.17, 15) is 14.0 Å². The zero-order chi connectivity index (χ0) is 14.7. The topological polar surface area (TPSA) is 90.0 Å². The van der Waals surface area contributed by atoms with Crippen LogP contribution in [0.3, 0.4) is 0 Å². The molecule has 0 saturated heterocycles. The summed E-state index contributed by atoms with van der Waals surface area (Å²) in [5.41, 5.74) is 5.17. The maximum absolute atomic E-state index is 13.5. The van der Waals surface area contributed by atoms with E-state index in [1.54, 1.807) is 6.07 Å². The molecule has 2 aromatic rings. The summed E-state index contributed by atoms with van der Waals surface area (Å²) in [6.07, 6.45) is 1.47. The molecule has 0 aliphatic heterocycles. The van der Waals surface area contributed by atoms with Crippen LogP contribution in [0.2, 0.25) is 0 Å². The van der Waals surface area contributed by atoms with E-state index in [1.165, 1.54) is 29.1 Å². The highest BCUT2D eigenvalue weighted by atomic mass is 19.1. The zero-order valence-corrected chi connectivity index (χ0v) is 10.8. The number of aryl methyl sites for hydroxylation is 1. The highest BCUT2D eigenvalue weighted by molar-refractivity contribution is 6.08. The number of carbonyl (C=O) groups excluding carboxylic acids is 2. The molecule has 0 aliphatic carbocycles. The van der Waals surface area contributed by atoms with E-state index >= 15 is 0 Å². The average Bonchev–Trinajstić information content (AvgIpc) is 2.82. The third-order valence-electron chi connectivity index (χ3n) is 2.69. The van der Waals surface area contributed by atoms with Crippen LogP contribution in [0, 0.1) is 5.82 Å². The monoisotopic (exact) mass is 276 g/mol. The lowest BCUT2D eigenvalue weighted by molar-refractivity contribution is 0.0995. The fourth-order valence-electron chi connectivity index (χ4n) is 1.69. The summed E-state index contributed by atoms with van der Waals surface area (Å²) >= 11 is 0. The van der Waals surface area contributed by atoms with Gasteiger partial charge in [-0.2, -0.15) is 5.10 Å². The standard InChI is InChI=1S/C13H13FN4O2/c1-2-18-7-10(11(17-18)12(15)19)16-13(20)8-5-3-4-6-9(8)14/h3-7H,2H2,1H3,(H2,15,19)(H,16,20). The Kier molecular flexibility index (Phi) is 3.79. The Bertz CT molecular complexity index is 666. The Labute approximate surface area is 114 Å². The molecule has 3 N–H and O–H groups in total. The molecule has 0 fully saturated rings. The van der Waals surface area contributed by atoms with Crippen LogP contribution in [-0.2, 0) is 6.54 Å². The number of carbonyl (C=O) groups is 2. The minimum atomic E-state index is -0.763. The van der Waals surface area contributed by atoms with Crippen LogP contribution in [0.25, 0.3) is 0 Å². The number of anilines is 1. The molecule has 0 radical (unpaired) electrons. The number of aromatic nitrogens is 2. The van der Waals surface area contributed by atoms with Crippen molar-refractivity contribution in [3.63, 3.8) is 0 Å². The fraction of sp³-hybridized carbons (Fsp3) is 0.154. The number of nitrogens with zero attached hydrogens (tertiary/aromatic N) is 2. The van der Waals surface area contributed by atoms with Crippen molar-refractivity contribution in [2.45, 2.75) is 13.5 Å². The molecule has 1 heterocycles. The Morgan fingerprint density at radius 1 is 1.40 bits per heavy atom. The van der Waals surface area contributed by atoms with Gasteiger partial charge in [0, 0.05) is 12.7 Å². The van der Waals surface area contributed by atoms with E-state index in [1.807, 2.05) is 6.92 Å². The number of nitrogens with two attached hydrogens (primary N) is 1. The Balaban J connectivity index is 2.30. The first-order valence-electron chi connectivity index (χ1n) is 5.96. The highest BCUT2D eigenvalue weighted by Gasteiger charge is 2.18. The second-order valence-electron chi connectivity index (χ2n) is 4.05. The van der Waals surface area contributed by atoms with Crippen LogP contribution in [0.1, 0.15) is 27.8 Å². The van der Waals surface area contributed by atoms with Crippen molar-refractivity contribution in [1.29, 1.82) is 0 Å². The van der Waals surface area contributed by atoms with Crippen molar-refractivity contribution in [3.8, 4) is 0 Å². The highest BCUT2D eigenvalue weighted by Crippen LogP contribution is 2.16. The molecule has 6 nitrogen and oxygen atoms in total. The van der Waals surface area contributed by atoms with E-state index in [2.05, 4.69) is 10.4 Å². The molecule has 0 spiro atoms. The number of hydrogen-bond donors (Lipinski definition) is 2. The van der Waals surface area contributed by atoms with Gasteiger partial charge in [0.25, 0.3) is 11.8 Å². The summed E-state index contributed by atoms with van der Waals surface area (Å²) in [7, 11) is 0. The minimum Gasteiger partial charge on any atom is -0.364 e. The van der Waals surface area contributed by atoms with Gasteiger partial charge < -0.3 is 11.1 Å². The molecule has 1 aromatic carbocycles. The molecule has 0 atom stereocenters. The summed E-state index contributed by atoms with van der Waals surface area (Å²) in [5.74, 6) is -2.07. The third kappa shape index (κ3) is 2.66. The van der Waals surface area contributed by atoms with Gasteiger partial charge in [0.05, 0.1) is 11.3 Å². The van der Waals surface area contributed by atoms with Crippen LogP contribution < -0.4 is 11.1 Å². The van der Waals surface area contributed by atoms with Crippen molar-refractivity contribution in [3.05, 3.63) is 47.5 Å². The molecule has 20 heavy (non-hydrogen) atoms. The molecule has 104 valence electrons. The number of hydrogen-bond acceptors (Lipinski definition) is 3. The summed E-state index contributed by atoms with van der Waals surface area (Å²) in [6, 6.07) is 5.55. The number of halogens is 1. The van der Waals surface area contributed by atoms with Gasteiger partial charge in [-0.25, -0.2) is 4.39 Å². The molecule has 2 rings (SSSR count). The lowest BCUT2D eigenvalue weighted by Crippen LogP contribution is -2.18. The quantitative estimate of drug-likeness (QED) is 0.884. The number of rotatable bonds is 4. The minimum absolute atomic E-state index is 0.0588. The van der Waals surface area contributed by atoms with Gasteiger partial charge in [-0.1, -0.05) is 12.1 Å². The van der Waals surface area contributed by atoms with E-state index < -0.39 is 17.6 Å². The van der Waals surface area contributed by atoms with Crippen molar-refractivity contribution < 1.29 is 14.0 Å². The van der Waals surface area contributed by atoms with Crippen molar-refractivity contribution >= 4 is 17.5 Å². The Morgan fingerprint density at radius 2 is 2.10 bits per heavy atom. The van der Waals surface area contributed by atoms with Crippen LogP contribution >= 0.6 is 0 Å². The smallest absolute Gasteiger partial charge is 0.271 e. The molecule has 0 unspecified atom stereocenters. The second-order valence-corrected chi connectivity index (χ2v) is 4.05. The molecule has 7 heteroatoms. The van der Waals surface area contributed by atoms with Crippen molar-refractivity contribution in [1.82, 2.24) is 9.78 Å². The van der Waals surface area contributed by atoms with Gasteiger partial charge >= 0.3 is 0 Å². The van der Waals surface area contributed by atoms with Crippen LogP contribution in [0.4, 0.5) is 10.1 Å². The first-order valence-corrected chi connectivity index (χ1v) is 5.96. The van der Waals surface area contributed by atoms with Gasteiger partial charge in [-0.05, 0) is 19.1 Å². The molecule has 0 aliphatic rings. The first kappa shape index (κ1) is 13.7. The normalized spacial score (nSPS) is 10.3. The third-order valence-corrected chi connectivity index (χ3v) is 2.69. The average molecular weight is 276 g/mol. The number of benzene rings is 1. The number of amides is 2. The maximum atomic E-state index is 13.5. The summed E-state index contributed by atoms with van der Waals surface area (Å²) < 4.78 is 15.0. The molecule has 0 saturated carbocycles. The van der Waals surface area contributed by atoms with E-state index in [4.69, 9.17) is 5.73 Å². The summed E-state index contributed by atoms with van der Waals surface area (Å²) in [4.78, 5) is 23.2. The van der Waals surface area contributed by atoms with Gasteiger partial charge in [-0.3, -0.25) is 14.3 Å². The van der Waals surface area contributed by atoms with Gasteiger partial charge in [-0.15, -0.1) is 0 Å². The largest absolute Gasteiger partial charge is 0.364 e. The van der Waals surface area contributed by atoms with E-state index in [0.717, 1.165) is 0 Å². The summed E-state index contributed by atoms with van der Waals surface area (Å²) in [6.45, 7) is 2.33. The Morgan fingerprint density at radius 3 is 2.70 bits per heavy atom. The number of nitrogens with one attached hydrogen (secondary N) is 1. The van der Waals surface area contributed by atoms with Gasteiger partial charge in [0.1, 0.15) is 5.82 Å². The zero-order valence-electron chi connectivity index (χ0n) is 10.8. The van der Waals surface area contributed by atoms with Gasteiger partial charge in [0.2, 0.25) is 0 Å². The van der Waals surface area contributed by atoms with Crippen molar-refractivity contribution in [2.75, 3.05) is 5.32 Å². The lowest BCUT2D eigenvalue weighted by Gasteiger charge is -2.04. The second kappa shape index (κ2) is 5.52. The SMILES string of the molecule is CCn1cc(NC(=O)c2ccccc2F)c(C(N)=O)n1. The van der Waals surface area contributed by atoms with Crippen LogP contribution in [0.5, 0.6) is 0 Å². The fourth-order valence-corrected chi connectivity index (χ4v) is 1.69. The Hall–Kier alpha value is -2.70. The van der Waals surface area contributed by atoms with Gasteiger partial charge in [0.15, 0.2) is 5.69 Å². The molecule has 1 aromatic heterocycles. The maximum Gasteiger partial charge on any atom is 0.271 e. The summed E-state index contributed by atoms with van der Waals surface area (Å²) in [5, 5.41) is 6.37. The molecule has 2 amide bonds. The van der Waals surface area contributed by atoms with Crippen molar-refractivity contribution in [2.24, 2.45) is 5.73 Å². The van der Waals surface area contributed by atoms with E-state index in [-0.39, 0.29) is 16.9 Å². The molecular formula is C13H13FN4O2. The van der Waals surface area contributed by atoms with Crippen LogP contribution in [-0.4, -0.2) is 21.6 Å². The van der Waals surface area contributed by atoms with Crippen LogP contribution in [0.15, 0.2) is 30.5 Å². The molecular weight excluding hydrogens is 263 g/mol. The number of primary amides is 1.